The van der Waals surface area contributed by atoms with Gasteiger partial charge in [0.25, 0.3) is 0 Å². The number of fused-ring (bicyclic) bond motifs is 6. The molecule has 2 aliphatic rings. The summed E-state index contributed by atoms with van der Waals surface area (Å²) in [4.78, 5) is 0. The molecule has 2 nitrogen and oxygen atoms in total. The summed E-state index contributed by atoms with van der Waals surface area (Å²) in [6.45, 7) is 0. The van der Waals surface area contributed by atoms with Gasteiger partial charge in [-0.15, -0.1) is 22.7 Å². The Morgan fingerprint density at radius 1 is 0.333 bits per heavy atom. The molecular weight excluding hydrogens is 625 g/mol. The van der Waals surface area contributed by atoms with Crippen molar-refractivity contribution in [1.82, 2.24) is 0 Å². The highest BCUT2D eigenvalue weighted by atomic mass is 32.1. The first-order chi connectivity index (χ1) is 23.8. The first-order valence-corrected chi connectivity index (χ1v) is 17.8. The van der Waals surface area contributed by atoms with E-state index in [1.165, 1.54) is 62.6 Å². The Balaban J connectivity index is 1.21. The highest BCUT2D eigenvalue weighted by Gasteiger charge is 2.27. The van der Waals surface area contributed by atoms with Crippen LogP contribution >= 0.6 is 22.7 Å². The molecule has 4 heterocycles. The smallest absolute Gasteiger partial charge is 0.143 e. The van der Waals surface area contributed by atoms with E-state index in [4.69, 9.17) is 8.83 Å². The number of furan rings is 2. The van der Waals surface area contributed by atoms with Crippen molar-refractivity contribution in [3.63, 3.8) is 0 Å². The van der Waals surface area contributed by atoms with E-state index in [0.29, 0.717) is 0 Å². The summed E-state index contributed by atoms with van der Waals surface area (Å²) in [5, 5.41) is 9.83. The Labute approximate surface area is 281 Å². The number of para-hydroxylation sites is 4. The average molecular weight is 647 g/mol. The highest BCUT2D eigenvalue weighted by molar-refractivity contribution is 7.27. The van der Waals surface area contributed by atoms with Crippen LogP contribution in [0.4, 0.5) is 0 Å². The zero-order valence-corrected chi connectivity index (χ0v) is 27.0. The molecule has 0 radical (unpaired) electrons. The Morgan fingerprint density at radius 3 is 1.25 bits per heavy atom. The molecule has 4 heteroatoms. The van der Waals surface area contributed by atoms with E-state index in [2.05, 4.69) is 121 Å². The van der Waals surface area contributed by atoms with Gasteiger partial charge >= 0.3 is 0 Å². The van der Waals surface area contributed by atoms with E-state index in [1.807, 2.05) is 34.8 Å². The fourth-order valence-electron chi connectivity index (χ4n) is 8.26. The number of benzene rings is 8. The topological polar surface area (TPSA) is 26.3 Å². The molecule has 0 fully saturated rings. The lowest BCUT2D eigenvalue weighted by Crippen LogP contribution is -1.95. The van der Waals surface area contributed by atoms with Gasteiger partial charge in [-0.05, 0) is 58.3 Å². The van der Waals surface area contributed by atoms with Gasteiger partial charge in [-0.25, -0.2) is 0 Å². The Kier molecular flexibility index (Phi) is 4.77. The van der Waals surface area contributed by atoms with Gasteiger partial charge < -0.3 is 8.83 Å². The van der Waals surface area contributed by atoms with Gasteiger partial charge in [0.2, 0.25) is 0 Å². The van der Waals surface area contributed by atoms with Crippen molar-refractivity contribution in [2.75, 3.05) is 0 Å². The summed E-state index contributed by atoms with van der Waals surface area (Å²) in [6.07, 6.45) is 0. The van der Waals surface area contributed by atoms with E-state index < -0.39 is 0 Å². The molecule has 0 unspecified atom stereocenters. The van der Waals surface area contributed by atoms with E-state index in [1.54, 1.807) is 0 Å². The number of rotatable bonds is 2. The second-order valence-electron chi connectivity index (χ2n) is 12.7. The lowest BCUT2D eigenvalue weighted by molar-refractivity contribution is 0.669. The second-order valence-corrected chi connectivity index (χ2v) is 14.9. The summed E-state index contributed by atoms with van der Waals surface area (Å²) in [5.74, 6) is 0. The fraction of sp³-hybridized carbons (Fsp3) is 0. The van der Waals surface area contributed by atoms with Crippen LogP contribution in [0.15, 0.2) is 142 Å². The van der Waals surface area contributed by atoms with Crippen LogP contribution in [-0.4, -0.2) is 0 Å². The molecule has 48 heavy (non-hydrogen) atoms. The normalized spacial score (nSPS) is 12.6. The van der Waals surface area contributed by atoms with Crippen LogP contribution in [0, 0.1) is 0 Å². The summed E-state index contributed by atoms with van der Waals surface area (Å²) in [5.41, 5.74) is 11.2. The third-order valence-corrected chi connectivity index (χ3v) is 12.5. The van der Waals surface area contributed by atoms with Gasteiger partial charge in [0.15, 0.2) is 0 Å². The maximum Gasteiger partial charge on any atom is 0.143 e. The molecule has 0 saturated heterocycles. The molecule has 0 N–H and O–H groups in total. The minimum atomic E-state index is 0.924. The molecule has 0 bridgehead atoms. The van der Waals surface area contributed by atoms with Gasteiger partial charge in [-0.1, -0.05) is 97.1 Å². The van der Waals surface area contributed by atoms with Crippen molar-refractivity contribution < 1.29 is 8.83 Å². The molecule has 0 saturated carbocycles. The zero-order valence-electron chi connectivity index (χ0n) is 25.3. The maximum absolute atomic E-state index is 6.56. The summed E-state index contributed by atoms with van der Waals surface area (Å²) in [6, 6.07) is 48.2. The first-order valence-electron chi connectivity index (χ1n) is 16.2. The molecule has 222 valence electrons. The SMILES string of the molecule is c1ccc2c(c1)oc1c(-c3cc4sc5cccc6c(-c7cccc8c7oc7ccccc78)cc7sc8cccc3c8c4-c7c56)cccc12. The number of hydrogen-bond acceptors (Lipinski definition) is 4. The molecule has 0 atom stereocenters. The highest BCUT2D eigenvalue weighted by Crippen LogP contribution is 2.55. The first kappa shape index (κ1) is 25.4. The monoisotopic (exact) mass is 646 g/mol. The average Bonchev–Trinajstić information content (AvgIpc) is 3.71. The van der Waals surface area contributed by atoms with Gasteiger partial charge in [0.1, 0.15) is 22.3 Å². The van der Waals surface area contributed by atoms with Crippen molar-refractivity contribution in [3.05, 3.63) is 133 Å². The van der Waals surface area contributed by atoms with E-state index in [-0.39, 0.29) is 0 Å². The predicted octanol–water partition coefficient (Wildman–Crippen LogP) is 14.1. The third kappa shape index (κ3) is 3.17. The summed E-state index contributed by atoms with van der Waals surface area (Å²) >= 11 is 3.79. The van der Waals surface area contributed by atoms with Crippen molar-refractivity contribution in [2.45, 2.75) is 0 Å². The largest absolute Gasteiger partial charge is 0.455 e. The van der Waals surface area contributed by atoms with Gasteiger partial charge in [-0.3, -0.25) is 0 Å². The quantitative estimate of drug-likeness (QED) is 0.138. The molecule has 2 aromatic heterocycles. The van der Waals surface area contributed by atoms with Crippen molar-refractivity contribution >= 4 is 107 Å². The predicted molar refractivity (Wildman–Crippen MR) is 205 cm³/mol. The standard InChI is InChI=1S/C44H22O2S2/c1-3-17-33-23(9-1)27-13-5-15-29(43(27)45-33)31-21-37-41-39-25(31)11-7-19-35(39)48-38-22-32(26-12-8-20-36(47-37)40(26)42(38)41)30-16-6-14-28-24-10-2-4-18-34(24)46-44(28)30/h1-22H. The van der Waals surface area contributed by atoms with E-state index in [9.17, 15) is 0 Å². The lowest BCUT2D eigenvalue weighted by atomic mass is 9.87. The van der Waals surface area contributed by atoms with Gasteiger partial charge in [0.05, 0.1) is 0 Å². The van der Waals surface area contributed by atoms with Crippen LogP contribution in [-0.2, 0) is 0 Å². The van der Waals surface area contributed by atoms with Crippen molar-refractivity contribution in [2.24, 2.45) is 0 Å². The van der Waals surface area contributed by atoms with Crippen molar-refractivity contribution in [1.29, 1.82) is 0 Å². The minimum absolute atomic E-state index is 0.924. The number of hydrogen-bond donors (Lipinski definition) is 0. The van der Waals surface area contributed by atoms with Crippen LogP contribution < -0.4 is 0 Å². The molecule has 0 amide bonds. The van der Waals surface area contributed by atoms with Gasteiger partial charge in [-0.2, -0.15) is 0 Å². The summed E-state index contributed by atoms with van der Waals surface area (Å²) < 4.78 is 18.3. The fourth-order valence-corrected chi connectivity index (χ4v) is 10.6. The van der Waals surface area contributed by atoms with Crippen LogP contribution in [0.1, 0.15) is 0 Å². The van der Waals surface area contributed by atoms with Gasteiger partial charge in [0, 0.05) is 73.4 Å². The van der Waals surface area contributed by atoms with Crippen LogP contribution in [0.2, 0.25) is 0 Å². The Bertz CT molecular complexity index is 3020. The zero-order chi connectivity index (χ0) is 31.1. The van der Waals surface area contributed by atoms with Crippen LogP contribution in [0.5, 0.6) is 0 Å². The van der Waals surface area contributed by atoms with Crippen LogP contribution in [0.25, 0.3) is 118 Å². The minimum Gasteiger partial charge on any atom is -0.455 e. The maximum atomic E-state index is 6.56. The molecule has 0 spiro atoms. The van der Waals surface area contributed by atoms with E-state index >= 15 is 0 Å². The molecule has 2 aliphatic heterocycles. The van der Waals surface area contributed by atoms with E-state index in [0.717, 1.165) is 55.0 Å². The lowest BCUT2D eigenvalue weighted by Gasteiger charge is -2.23. The Morgan fingerprint density at radius 2 is 0.750 bits per heavy atom. The van der Waals surface area contributed by atoms with Crippen molar-refractivity contribution in [3.8, 4) is 33.4 Å². The second kappa shape index (κ2) is 9.02. The Hall–Kier alpha value is -5.68. The molecule has 8 aromatic carbocycles. The summed E-state index contributed by atoms with van der Waals surface area (Å²) in [7, 11) is 0. The molecular formula is C44H22O2S2. The third-order valence-electron chi connectivity index (χ3n) is 10.3. The molecule has 12 rings (SSSR count). The van der Waals surface area contributed by atoms with Crippen LogP contribution in [0.3, 0.4) is 0 Å². The molecule has 0 aliphatic carbocycles. The molecule has 10 aromatic rings.